The van der Waals surface area contributed by atoms with E-state index in [-0.39, 0.29) is 49.9 Å². The zero-order valence-corrected chi connectivity index (χ0v) is 32.6. The second-order valence-electron chi connectivity index (χ2n) is 12.6. The molecule has 308 valence electrons. The lowest BCUT2D eigenvalue weighted by molar-refractivity contribution is -0.130. The Bertz CT molecular complexity index is 1990. The largest absolute Gasteiger partial charge is 0.345 e. The molecule has 58 heavy (non-hydrogen) atoms. The van der Waals surface area contributed by atoms with Crippen molar-refractivity contribution in [3.8, 4) is 0 Å². The lowest BCUT2D eigenvalue weighted by Crippen LogP contribution is -2.52. The predicted molar refractivity (Wildman–Crippen MR) is 213 cm³/mol. The second kappa shape index (κ2) is 23.9. The van der Waals surface area contributed by atoms with Gasteiger partial charge in [0, 0.05) is 17.8 Å². The highest BCUT2D eigenvalue weighted by molar-refractivity contribution is 7.98. The Morgan fingerprint density at radius 1 is 0.690 bits per heavy atom. The Kier molecular flexibility index (Phi) is 19.1. The molecule has 0 radical (unpaired) electrons. The number of rotatable bonds is 17. The molecule has 17 heteroatoms. The zero-order valence-electron chi connectivity index (χ0n) is 31.7. The quantitative estimate of drug-likeness (QED) is 0.0972. The maximum Gasteiger partial charge on any atom is 0.256 e. The van der Waals surface area contributed by atoms with Crippen LogP contribution in [0.5, 0.6) is 0 Å². The van der Waals surface area contributed by atoms with Gasteiger partial charge in [0.25, 0.3) is 5.91 Å². The molecule has 0 spiro atoms. The molecule has 0 saturated carbocycles. The summed E-state index contributed by atoms with van der Waals surface area (Å²) in [7, 11) is 0. The van der Waals surface area contributed by atoms with Crippen LogP contribution in [-0.4, -0.2) is 72.6 Å². The molecule has 0 aliphatic heterocycles. The predicted octanol–water partition coefficient (Wildman–Crippen LogP) is 4.42. The van der Waals surface area contributed by atoms with Gasteiger partial charge in [0.2, 0.25) is 29.5 Å². The number of para-hydroxylation sites is 2. The van der Waals surface area contributed by atoms with Crippen LogP contribution in [0.1, 0.15) is 30.9 Å². The van der Waals surface area contributed by atoms with Crippen LogP contribution >= 0.6 is 11.8 Å². The summed E-state index contributed by atoms with van der Waals surface area (Å²) in [5, 5.41) is 10.2. The van der Waals surface area contributed by atoms with Crippen molar-refractivity contribution in [2.75, 3.05) is 35.3 Å². The maximum absolute atomic E-state index is 13.4. The van der Waals surface area contributed by atoms with Crippen molar-refractivity contribution in [1.29, 1.82) is 0 Å². The minimum Gasteiger partial charge on any atom is -0.345 e. The molecular formula is C41H44F4N6O6S. The first kappa shape index (κ1) is 46.3. The van der Waals surface area contributed by atoms with Crippen molar-refractivity contribution in [2.45, 2.75) is 44.7 Å². The SMILES string of the molecule is CCC(NC(=O)Cc1cc(F)cc(F)c1)C(=O)NCC(=O)Nc1ccccc1.CSCC[C@H](NC(=O)Cc1cc(F)cc(F)c1)C(=O)N(C(=O)CN)c1ccccc1. The highest BCUT2D eigenvalue weighted by Gasteiger charge is 2.30. The molecule has 4 rings (SSSR count). The van der Waals surface area contributed by atoms with Crippen molar-refractivity contribution in [3.63, 3.8) is 0 Å². The fourth-order valence-electron chi connectivity index (χ4n) is 5.37. The minimum atomic E-state index is -1.00. The Morgan fingerprint density at radius 2 is 1.17 bits per heavy atom. The Morgan fingerprint density at radius 3 is 1.64 bits per heavy atom. The number of carbonyl (C=O) groups is 6. The first-order valence-corrected chi connectivity index (χ1v) is 19.3. The van der Waals surface area contributed by atoms with Gasteiger partial charge >= 0.3 is 0 Å². The molecule has 2 atom stereocenters. The summed E-state index contributed by atoms with van der Waals surface area (Å²) in [6, 6.07) is 20.8. The summed E-state index contributed by atoms with van der Waals surface area (Å²) in [4.78, 5) is 75.1. The van der Waals surface area contributed by atoms with Crippen LogP contribution < -0.4 is 31.9 Å². The normalized spacial score (nSPS) is 11.5. The lowest BCUT2D eigenvalue weighted by Gasteiger charge is -2.26. The molecule has 6 N–H and O–H groups in total. The first-order valence-electron chi connectivity index (χ1n) is 17.9. The van der Waals surface area contributed by atoms with Gasteiger partial charge in [-0.1, -0.05) is 43.3 Å². The van der Waals surface area contributed by atoms with Crippen LogP contribution in [0.3, 0.4) is 0 Å². The van der Waals surface area contributed by atoms with E-state index in [2.05, 4.69) is 21.3 Å². The number of nitrogens with two attached hydrogens (primary N) is 1. The van der Waals surface area contributed by atoms with Gasteiger partial charge in [-0.05, 0) is 84.5 Å². The summed E-state index contributed by atoms with van der Waals surface area (Å²) >= 11 is 1.47. The van der Waals surface area contributed by atoms with E-state index >= 15 is 0 Å². The van der Waals surface area contributed by atoms with Gasteiger partial charge < -0.3 is 27.0 Å². The number of anilines is 2. The van der Waals surface area contributed by atoms with E-state index in [9.17, 15) is 46.3 Å². The first-order chi connectivity index (χ1) is 27.7. The summed E-state index contributed by atoms with van der Waals surface area (Å²) in [6.07, 6.45) is 1.82. The standard InChI is InChI=1S/C21H23F2N3O3S.C20H21F2N3O3/c1-30-8-7-18(25-19(27)11-14-9-15(22)12-16(23)10-14)21(29)26(20(28)13-24)17-5-3-2-4-6-17;1-2-17(25-18(26)10-13-8-14(21)11-15(22)9-13)20(28)23-12-19(27)24-16-6-4-3-5-7-16/h2-6,9-10,12,18H,7-8,11,13,24H2,1H3,(H,25,27);3-9,11,17H,2,10,12H2,1H3,(H,23,28)(H,24,27)(H,25,26)/t18-;/m0./s1. The van der Waals surface area contributed by atoms with Gasteiger partial charge in [-0.2, -0.15) is 11.8 Å². The molecule has 0 aliphatic rings. The molecule has 0 aliphatic carbocycles. The fraction of sp³-hybridized carbons (Fsp3) is 0.268. The molecule has 4 aromatic rings. The van der Waals surface area contributed by atoms with Gasteiger partial charge in [0.05, 0.1) is 31.6 Å². The topological polar surface area (TPSA) is 180 Å². The number of halogens is 4. The average Bonchev–Trinajstić information content (AvgIpc) is 3.17. The summed E-state index contributed by atoms with van der Waals surface area (Å²) < 4.78 is 53.1. The summed E-state index contributed by atoms with van der Waals surface area (Å²) in [6.45, 7) is 1.05. The molecule has 0 fully saturated rings. The molecular weight excluding hydrogens is 781 g/mol. The van der Waals surface area contributed by atoms with Gasteiger partial charge in [0.15, 0.2) is 0 Å². The molecule has 0 saturated heterocycles. The van der Waals surface area contributed by atoms with Gasteiger partial charge in [-0.15, -0.1) is 0 Å². The van der Waals surface area contributed by atoms with Crippen molar-refractivity contribution in [2.24, 2.45) is 5.73 Å². The minimum absolute atomic E-state index is 0.138. The number of nitrogens with zero attached hydrogens (tertiary/aromatic N) is 1. The van der Waals surface area contributed by atoms with Crippen molar-refractivity contribution >= 4 is 58.6 Å². The highest BCUT2D eigenvalue weighted by Crippen LogP contribution is 2.17. The Balaban J connectivity index is 0.000000311. The number of benzene rings is 4. The highest BCUT2D eigenvalue weighted by atomic mass is 32.2. The third kappa shape index (κ3) is 15.8. The molecule has 12 nitrogen and oxygen atoms in total. The van der Waals surface area contributed by atoms with E-state index in [4.69, 9.17) is 5.73 Å². The van der Waals surface area contributed by atoms with Crippen molar-refractivity contribution in [1.82, 2.24) is 16.0 Å². The van der Waals surface area contributed by atoms with Crippen molar-refractivity contribution in [3.05, 3.63) is 131 Å². The van der Waals surface area contributed by atoms with Gasteiger partial charge in [-0.25, -0.2) is 22.5 Å². The smallest absolute Gasteiger partial charge is 0.256 e. The molecule has 0 heterocycles. The van der Waals surface area contributed by atoms with Crippen LogP contribution in [0.4, 0.5) is 28.9 Å². The van der Waals surface area contributed by atoms with Crippen LogP contribution in [0, 0.1) is 23.3 Å². The third-order valence-corrected chi connectivity index (χ3v) is 8.66. The molecule has 4 aromatic carbocycles. The van der Waals surface area contributed by atoms with E-state index in [0.717, 1.165) is 29.2 Å². The third-order valence-electron chi connectivity index (χ3n) is 8.02. The number of imide groups is 1. The molecule has 1 unspecified atom stereocenters. The number of nitrogens with one attached hydrogen (secondary N) is 4. The fourth-order valence-corrected chi connectivity index (χ4v) is 5.84. The van der Waals surface area contributed by atoms with E-state index in [1.807, 2.05) is 12.3 Å². The van der Waals surface area contributed by atoms with Crippen LogP contribution in [0.15, 0.2) is 97.1 Å². The summed E-state index contributed by atoms with van der Waals surface area (Å²) in [5.74, 6) is -5.91. The number of hydrogen-bond acceptors (Lipinski definition) is 8. The average molecular weight is 825 g/mol. The van der Waals surface area contributed by atoms with Gasteiger partial charge in [0.1, 0.15) is 35.4 Å². The van der Waals surface area contributed by atoms with E-state index in [1.165, 1.54) is 11.8 Å². The number of carbonyl (C=O) groups excluding carboxylic acids is 6. The summed E-state index contributed by atoms with van der Waals surface area (Å²) in [5.41, 5.74) is 6.71. The Labute approximate surface area is 337 Å². The van der Waals surface area contributed by atoms with E-state index in [0.29, 0.717) is 29.3 Å². The Hall–Kier alpha value is -6.07. The lowest BCUT2D eigenvalue weighted by atomic mass is 10.1. The van der Waals surface area contributed by atoms with Crippen LogP contribution in [0.25, 0.3) is 0 Å². The molecule has 0 aromatic heterocycles. The van der Waals surface area contributed by atoms with Crippen molar-refractivity contribution < 1.29 is 46.3 Å². The van der Waals surface area contributed by atoms with E-state index in [1.54, 1.807) is 61.5 Å². The number of hydrogen-bond donors (Lipinski definition) is 5. The monoisotopic (exact) mass is 824 g/mol. The molecule has 0 bridgehead atoms. The molecule has 6 amide bonds. The van der Waals surface area contributed by atoms with E-state index < -0.39 is 70.8 Å². The number of amides is 6. The maximum atomic E-state index is 13.4. The zero-order chi connectivity index (χ0) is 42.6. The second-order valence-corrected chi connectivity index (χ2v) is 13.6. The van der Waals surface area contributed by atoms with Gasteiger partial charge in [-0.3, -0.25) is 28.8 Å². The number of thioether (sulfide) groups is 1. The van der Waals surface area contributed by atoms with Crippen LogP contribution in [0.2, 0.25) is 0 Å². The van der Waals surface area contributed by atoms with Crippen LogP contribution in [-0.2, 0) is 41.6 Å².